The van der Waals surface area contributed by atoms with Crippen molar-refractivity contribution in [2.45, 2.75) is 40.2 Å². The molecule has 0 aliphatic carbocycles. The summed E-state index contributed by atoms with van der Waals surface area (Å²) in [5, 5.41) is 4.73. The zero-order chi connectivity index (χ0) is 13.8. The SMILES string of the molecule is Cc1nc(C(C)NCCc2ccccc2C)c(C)s1. The maximum Gasteiger partial charge on any atom is 0.0900 e. The molecule has 0 bridgehead atoms. The van der Waals surface area contributed by atoms with Crippen molar-refractivity contribution in [3.8, 4) is 0 Å². The summed E-state index contributed by atoms with van der Waals surface area (Å²) in [4.78, 5) is 5.94. The lowest BCUT2D eigenvalue weighted by Gasteiger charge is -2.13. The van der Waals surface area contributed by atoms with Crippen LogP contribution in [-0.2, 0) is 6.42 Å². The topological polar surface area (TPSA) is 24.9 Å². The third-order valence-electron chi connectivity index (χ3n) is 3.46. The third kappa shape index (κ3) is 3.64. The molecular formula is C16H22N2S. The number of aromatic nitrogens is 1. The number of thiazole rings is 1. The molecule has 3 heteroatoms. The van der Waals surface area contributed by atoms with Gasteiger partial charge in [0.1, 0.15) is 0 Å². The van der Waals surface area contributed by atoms with Gasteiger partial charge in [0.05, 0.1) is 10.7 Å². The minimum absolute atomic E-state index is 0.328. The maximum atomic E-state index is 4.61. The van der Waals surface area contributed by atoms with Gasteiger partial charge in [-0.15, -0.1) is 11.3 Å². The molecule has 1 atom stereocenters. The van der Waals surface area contributed by atoms with Gasteiger partial charge in [0.25, 0.3) is 0 Å². The van der Waals surface area contributed by atoms with Crippen LogP contribution >= 0.6 is 11.3 Å². The molecular weight excluding hydrogens is 252 g/mol. The monoisotopic (exact) mass is 274 g/mol. The summed E-state index contributed by atoms with van der Waals surface area (Å²) in [5.74, 6) is 0. The largest absolute Gasteiger partial charge is 0.308 e. The molecule has 0 aliphatic rings. The molecule has 0 saturated carbocycles. The average molecular weight is 274 g/mol. The van der Waals surface area contributed by atoms with E-state index in [-0.39, 0.29) is 0 Å². The molecule has 1 unspecified atom stereocenters. The Kier molecular flexibility index (Phi) is 4.72. The molecule has 0 fully saturated rings. The lowest BCUT2D eigenvalue weighted by atomic mass is 10.1. The van der Waals surface area contributed by atoms with E-state index in [2.05, 4.69) is 62.3 Å². The highest BCUT2D eigenvalue weighted by atomic mass is 32.1. The highest BCUT2D eigenvalue weighted by Gasteiger charge is 2.12. The van der Waals surface area contributed by atoms with Gasteiger partial charge < -0.3 is 5.32 Å². The van der Waals surface area contributed by atoms with E-state index in [0.29, 0.717) is 6.04 Å². The molecule has 19 heavy (non-hydrogen) atoms. The first kappa shape index (κ1) is 14.2. The smallest absolute Gasteiger partial charge is 0.0900 e. The van der Waals surface area contributed by atoms with Crippen molar-refractivity contribution < 1.29 is 0 Å². The van der Waals surface area contributed by atoms with Gasteiger partial charge in [0.2, 0.25) is 0 Å². The van der Waals surface area contributed by atoms with Crippen LogP contribution in [0.5, 0.6) is 0 Å². The number of benzene rings is 1. The first-order valence-corrected chi connectivity index (χ1v) is 7.61. The van der Waals surface area contributed by atoms with Crippen LogP contribution < -0.4 is 5.32 Å². The Labute approximate surface area is 119 Å². The van der Waals surface area contributed by atoms with Crippen molar-refractivity contribution in [3.05, 3.63) is 51.0 Å². The zero-order valence-electron chi connectivity index (χ0n) is 12.2. The highest BCUT2D eigenvalue weighted by molar-refractivity contribution is 7.11. The summed E-state index contributed by atoms with van der Waals surface area (Å²) in [6.45, 7) is 9.58. The summed E-state index contributed by atoms with van der Waals surface area (Å²) in [7, 11) is 0. The van der Waals surface area contributed by atoms with Gasteiger partial charge in [-0.05, 0) is 51.8 Å². The molecule has 1 aromatic heterocycles. The number of nitrogens with one attached hydrogen (secondary N) is 1. The molecule has 0 spiro atoms. The van der Waals surface area contributed by atoms with Gasteiger partial charge in [0, 0.05) is 10.9 Å². The standard InChI is InChI=1S/C16H22N2S/c1-11-7-5-6-8-15(11)9-10-17-12(2)16-13(3)19-14(4)18-16/h5-8,12,17H,9-10H2,1-4H3. The fourth-order valence-corrected chi connectivity index (χ4v) is 3.27. The fraction of sp³-hybridized carbons (Fsp3) is 0.438. The molecule has 0 aliphatic heterocycles. The van der Waals surface area contributed by atoms with Gasteiger partial charge in [-0.1, -0.05) is 24.3 Å². The molecule has 102 valence electrons. The second kappa shape index (κ2) is 6.31. The normalized spacial score (nSPS) is 12.6. The molecule has 2 rings (SSSR count). The van der Waals surface area contributed by atoms with Crippen LogP contribution in [0.15, 0.2) is 24.3 Å². The van der Waals surface area contributed by atoms with Crippen molar-refractivity contribution in [1.82, 2.24) is 10.3 Å². The summed E-state index contributed by atoms with van der Waals surface area (Å²) >= 11 is 1.78. The summed E-state index contributed by atoms with van der Waals surface area (Å²) in [6, 6.07) is 8.91. The van der Waals surface area contributed by atoms with Crippen LogP contribution in [0.1, 0.15) is 39.7 Å². The number of hydrogen-bond acceptors (Lipinski definition) is 3. The van der Waals surface area contributed by atoms with Gasteiger partial charge in [-0.2, -0.15) is 0 Å². The Bertz CT molecular complexity index is 545. The van der Waals surface area contributed by atoms with Gasteiger partial charge >= 0.3 is 0 Å². The second-order valence-electron chi connectivity index (χ2n) is 5.03. The minimum atomic E-state index is 0.328. The number of rotatable bonds is 5. The lowest BCUT2D eigenvalue weighted by molar-refractivity contribution is 0.563. The predicted molar refractivity (Wildman–Crippen MR) is 82.9 cm³/mol. The molecule has 2 aromatic rings. The van der Waals surface area contributed by atoms with E-state index in [1.54, 1.807) is 11.3 Å². The van der Waals surface area contributed by atoms with Crippen LogP contribution in [-0.4, -0.2) is 11.5 Å². The van der Waals surface area contributed by atoms with Crippen LogP contribution in [0, 0.1) is 20.8 Å². The first-order chi connectivity index (χ1) is 9.08. The van der Waals surface area contributed by atoms with Crippen LogP contribution in [0.25, 0.3) is 0 Å². The Balaban J connectivity index is 1.89. The van der Waals surface area contributed by atoms with Gasteiger partial charge in [-0.25, -0.2) is 4.98 Å². The molecule has 2 nitrogen and oxygen atoms in total. The zero-order valence-corrected chi connectivity index (χ0v) is 13.0. The molecule has 1 aromatic carbocycles. The molecule has 0 radical (unpaired) electrons. The molecule has 0 saturated heterocycles. The van der Waals surface area contributed by atoms with E-state index < -0.39 is 0 Å². The van der Waals surface area contributed by atoms with Crippen molar-refractivity contribution in [3.63, 3.8) is 0 Å². The summed E-state index contributed by atoms with van der Waals surface area (Å²) in [5.41, 5.74) is 4.00. The molecule has 1 N–H and O–H groups in total. The van der Waals surface area contributed by atoms with E-state index >= 15 is 0 Å². The van der Waals surface area contributed by atoms with Gasteiger partial charge in [-0.3, -0.25) is 0 Å². The Morgan fingerprint density at radius 3 is 2.58 bits per heavy atom. The van der Waals surface area contributed by atoms with Crippen LogP contribution in [0.3, 0.4) is 0 Å². The Hall–Kier alpha value is -1.19. The van der Waals surface area contributed by atoms with Crippen LogP contribution in [0.2, 0.25) is 0 Å². The first-order valence-electron chi connectivity index (χ1n) is 6.79. The Morgan fingerprint density at radius 2 is 1.95 bits per heavy atom. The quantitative estimate of drug-likeness (QED) is 0.892. The van der Waals surface area contributed by atoms with Crippen LogP contribution in [0.4, 0.5) is 0 Å². The van der Waals surface area contributed by atoms with E-state index in [1.807, 2.05) is 0 Å². The van der Waals surface area contributed by atoms with E-state index in [9.17, 15) is 0 Å². The predicted octanol–water partition coefficient (Wildman–Crippen LogP) is 3.96. The summed E-state index contributed by atoms with van der Waals surface area (Å²) < 4.78 is 0. The summed E-state index contributed by atoms with van der Waals surface area (Å²) in [6.07, 6.45) is 1.07. The minimum Gasteiger partial charge on any atom is -0.308 e. The second-order valence-corrected chi connectivity index (χ2v) is 6.43. The lowest BCUT2D eigenvalue weighted by Crippen LogP contribution is -2.22. The van der Waals surface area contributed by atoms with E-state index in [4.69, 9.17) is 0 Å². The van der Waals surface area contributed by atoms with Crippen molar-refractivity contribution >= 4 is 11.3 Å². The maximum absolute atomic E-state index is 4.61. The third-order valence-corrected chi connectivity index (χ3v) is 4.36. The van der Waals surface area contributed by atoms with Gasteiger partial charge in [0.15, 0.2) is 0 Å². The molecule has 1 heterocycles. The fourth-order valence-electron chi connectivity index (χ4n) is 2.36. The van der Waals surface area contributed by atoms with E-state index in [0.717, 1.165) is 18.0 Å². The van der Waals surface area contributed by atoms with Crippen molar-refractivity contribution in [1.29, 1.82) is 0 Å². The number of nitrogens with zero attached hydrogens (tertiary/aromatic N) is 1. The van der Waals surface area contributed by atoms with Crippen molar-refractivity contribution in [2.24, 2.45) is 0 Å². The van der Waals surface area contributed by atoms with Crippen molar-refractivity contribution in [2.75, 3.05) is 6.54 Å². The molecule has 0 amide bonds. The average Bonchev–Trinajstić information content (AvgIpc) is 2.71. The Morgan fingerprint density at radius 1 is 1.21 bits per heavy atom. The highest BCUT2D eigenvalue weighted by Crippen LogP contribution is 2.22. The number of hydrogen-bond donors (Lipinski definition) is 1. The van der Waals surface area contributed by atoms with E-state index in [1.165, 1.54) is 21.7 Å². The number of aryl methyl sites for hydroxylation is 3.